The second kappa shape index (κ2) is 6.43. The van der Waals surface area contributed by atoms with E-state index in [9.17, 15) is 0 Å². The van der Waals surface area contributed by atoms with Gasteiger partial charge in [-0.25, -0.2) is 0 Å². The van der Waals surface area contributed by atoms with E-state index in [4.69, 9.17) is 0 Å². The molecule has 1 aliphatic rings. The van der Waals surface area contributed by atoms with Crippen LogP contribution in [0.15, 0.2) is 35.3 Å². The third-order valence-corrected chi connectivity index (χ3v) is 3.42. The van der Waals surface area contributed by atoms with Gasteiger partial charge >= 0.3 is 0 Å². The lowest BCUT2D eigenvalue weighted by molar-refractivity contribution is 0.486. The summed E-state index contributed by atoms with van der Waals surface area (Å²) in [6.45, 7) is 7.45. The number of benzene rings is 1. The highest BCUT2D eigenvalue weighted by Crippen LogP contribution is 2.23. The van der Waals surface area contributed by atoms with Gasteiger partial charge in [0.2, 0.25) is 0 Å². The minimum Gasteiger partial charge on any atom is -0.356 e. The molecule has 0 saturated carbocycles. The molecule has 0 saturated heterocycles. The van der Waals surface area contributed by atoms with Crippen molar-refractivity contribution in [3.8, 4) is 0 Å². The van der Waals surface area contributed by atoms with E-state index in [1.807, 2.05) is 0 Å². The number of hydrogen-bond acceptors (Lipinski definition) is 3. The first-order chi connectivity index (χ1) is 8.77. The number of rotatable bonds is 4. The molecule has 0 fully saturated rings. The lowest BCUT2D eigenvalue weighted by Crippen LogP contribution is -2.42. The van der Waals surface area contributed by atoms with Gasteiger partial charge in [0.25, 0.3) is 0 Å². The van der Waals surface area contributed by atoms with E-state index in [1.54, 1.807) is 0 Å². The molecule has 2 rings (SSSR count). The minimum atomic E-state index is 0.526. The van der Waals surface area contributed by atoms with Gasteiger partial charge in [-0.2, -0.15) is 0 Å². The predicted octanol–water partition coefficient (Wildman–Crippen LogP) is 2.37. The van der Waals surface area contributed by atoms with Gasteiger partial charge in [-0.1, -0.05) is 44.2 Å². The summed E-state index contributed by atoms with van der Waals surface area (Å²) < 4.78 is 0. The molecule has 1 aliphatic heterocycles. The van der Waals surface area contributed by atoms with Crippen molar-refractivity contribution in [3.05, 3.63) is 35.9 Å². The van der Waals surface area contributed by atoms with E-state index in [0.29, 0.717) is 11.8 Å². The van der Waals surface area contributed by atoms with Crippen molar-refractivity contribution in [1.82, 2.24) is 10.6 Å². The van der Waals surface area contributed by atoms with E-state index in [-0.39, 0.29) is 0 Å². The SMILES string of the molecule is CC(C)C(CNC1=NCCCN1)c1ccccc1. The van der Waals surface area contributed by atoms with Gasteiger partial charge in [-0.3, -0.25) is 4.99 Å². The fourth-order valence-corrected chi connectivity index (χ4v) is 2.30. The van der Waals surface area contributed by atoms with E-state index in [1.165, 1.54) is 5.56 Å². The van der Waals surface area contributed by atoms with Gasteiger partial charge < -0.3 is 10.6 Å². The van der Waals surface area contributed by atoms with Gasteiger partial charge in [0, 0.05) is 25.6 Å². The maximum absolute atomic E-state index is 4.45. The molecule has 1 unspecified atom stereocenters. The number of aliphatic imine (C=N–C) groups is 1. The highest BCUT2D eigenvalue weighted by Gasteiger charge is 2.16. The highest BCUT2D eigenvalue weighted by atomic mass is 15.2. The van der Waals surface area contributed by atoms with Crippen molar-refractivity contribution in [2.24, 2.45) is 10.9 Å². The zero-order valence-corrected chi connectivity index (χ0v) is 11.3. The van der Waals surface area contributed by atoms with Crippen molar-refractivity contribution in [3.63, 3.8) is 0 Å². The van der Waals surface area contributed by atoms with Gasteiger partial charge in [-0.05, 0) is 17.9 Å². The summed E-state index contributed by atoms with van der Waals surface area (Å²) in [4.78, 5) is 4.45. The molecule has 98 valence electrons. The van der Waals surface area contributed by atoms with Crippen LogP contribution in [0.1, 0.15) is 31.7 Å². The van der Waals surface area contributed by atoms with Crippen LogP contribution >= 0.6 is 0 Å². The fourth-order valence-electron chi connectivity index (χ4n) is 2.30. The maximum atomic E-state index is 4.45. The molecule has 1 heterocycles. The van der Waals surface area contributed by atoms with Gasteiger partial charge in [0.1, 0.15) is 0 Å². The molecular formula is C15H23N3. The van der Waals surface area contributed by atoms with Crippen molar-refractivity contribution in [2.45, 2.75) is 26.2 Å². The van der Waals surface area contributed by atoms with Crippen LogP contribution in [-0.2, 0) is 0 Å². The topological polar surface area (TPSA) is 36.4 Å². The molecule has 0 spiro atoms. The van der Waals surface area contributed by atoms with Gasteiger partial charge in [0.05, 0.1) is 0 Å². The number of guanidine groups is 1. The van der Waals surface area contributed by atoms with Gasteiger partial charge in [0.15, 0.2) is 5.96 Å². The van der Waals surface area contributed by atoms with Crippen LogP contribution in [0, 0.1) is 5.92 Å². The van der Waals surface area contributed by atoms with Crippen molar-refractivity contribution in [1.29, 1.82) is 0 Å². The smallest absolute Gasteiger partial charge is 0.191 e. The molecule has 1 aromatic carbocycles. The summed E-state index contributed by atoms with van der Waals surface area (Å²) in [5.74, 6) is 2.10. The summed E-state index contributed by atoms with van der Waals surface area (Å²) in [7, 11) is 0. The Morgan fingerprint density at radius 2 is 2.06 bits per heavy atom. The molecule has 1 aromatic rings. The van der Waals surface area contributed by atoms with Crippen LogP contribution in [0.3, 0.4) is 0 Å². The normalized spacial score (nSPS) is 16.9. The Morgan fingerprint density at radius 1 is 1.28 bits per heavy atom. The molecule has 0 aromatic heterocycles. The van der Waals surface area contributed by atoms with Crippen molar-refractivity contribution in [2.75, 3.05) is 19.6 Å². The van der Waals surface area contributed by atoms with E-state index in [0.717, 1.165) is 32.0 Å². The molecule has 2 N–H and O–H groups in total. The average Bonchev–Trinajstić information content (AvgIpc) is 2.41. The molecule has 0 amide bonds. The molecule has 0 radical (unpaired) electrons. The molecular weight excluding hydrogens is 222 g/mol. The third kappa shape index (κ3) is 3.49. The van der Waals surface area contributed by atoms with Crippen LogP contribution < -0.4 is 10.6 Å². The standard InChI is InChI=1S/C15H23N3/c1-12(2)14(13-7-4-3-5-8-13)11-18-15-16-9-6-10-17-15/h3-5,7-8,12,14H,6,9-11H2,1-2H3,(H2,16,17,18). The van der Waals surface area contributed by atoms with E-state index >= 15 is 0 Å². The fraction of sp³-hybridized carbons (Fsp3) is 0.533. The maximum Gasteiger partial charge on any atom is 0.191 e. The summed E-state index contributed by atoms with van der Waals surface area (Å²) in [5, 5.41) is 6.74. The molecule has 0 aliphatic carbocycles. The van der Waals surface area contributed by atoms with Crippen molar-refractivity contribution >= 4 is 5.96 Å². The third-order valence-electron chi connectivity index (χ3n) is 3.42. The summed E-state index contributed by atoms with van der Waals surface area (Å²) >= 11 is 0. The molecule has 3 heteroatoms. The second-order valence-electron chi connectivity index (χ2n) is 5.15. The molecule has 3 nitrogen and oxygen atoms in total. The zero-order valence-electron chi connectivity index (χ0n) is 11.3. The van der Waals surface area contributed by atoms with Crippen LogP contribution in [0.4, 0.5) is 0 Å². The van der Waals surface area contributed by atoms with Crippen LogP contribution in [-0.4, -0.2) is 25.6 Å². The lowest BCUT2D eigenvalue weighted by atomic mass is 9.88. The van der Waals surface area contributed by atoms with E-state index in [2.05, 4.69) is 59.8 Å². The zero-order chi connectivity index (χ0) is 12.8. The first-order valence-corrected chi connectivity index (χ1v) is 6.84. The Balaban J connectivity index is 1.97. The average molecular weight is 245 g/mol. The second-order valence-corrected chi connectivity index (χ2v) is 5.15. The Hall–Kier alpha value is -1.51. The highest BCUT2D eigenvalue weighted by molar-refractivity contribution is 5.80. The Bertz CT molecular complexity index is 384. The molecule has 18 heavy (non-hydrogen) atoms. The molecule has 1 atom stereocenters. The summed E-state index contributed by atoms with van der Waals surface area (Å²) in [6.07, 6.45) is 1.14. The lowest BCUT2D eigenvalue weighted by Gasteiger charge is -2.24. The van der Waals surface area contributed by atoms with Gasteiger partial charge in [-0.15, -0.1) is 0 Å². The monoisotopic (exact) mass is 245 g/mol. The van der Waals surface area contributed by atoms with E-state index < -0.39 is 0 Å². The first-order valence-electron chi connectivity index (χ1n) is 6.84. The van der Waals surface area contributed by atoms with Crippen LogP contribution in [0.5, 0.6) is 0 Å². The number of hydrogen-bond donors (Lipinski definition) is 2. The molecule has 0 bridgehead atoms. The summed E-state index contributed by atoms with van der Waals surface area (Å²) in [5.41, 5.74) is 1.40. The van der Waals surface area contributed by atoms with Crippen LogP contribution in [0.25, 0.3) is 0 Å². The van der Waals surface area contributed by atoms with Crippen molar-refractivity contribution < 1.29 is 0 Å². The Labute approximate surface area is 110 Å². The summed E-state index contributed by atoms with van der Waals surface area (Å²) in [6, 6.07) is 10.7. The Morgan fingerprint density at radius 3 is 2.67 bits per heavy atom. The predicted molar refractivity (Wildman–Crippen MR) is 76.9 cm³/mol. The number of nitrogens with zero attached hydrogens (tertiary/aromatic N) is 1. The van der Waals surface area contributed by atoms with Crippen LogP contribution in [0.2, 0.25) is 0 Å². The largest absolute Gasteiger partial charge is 0.356 e. The quantitative estimate of drug-likeness (QED) is 0.854. The Kier molecular flexibility index (Phi) is 4.62. The minimum absolute atomic E-state index is 0.526. The number of nitrogens with one attached hydrogen (secondary N) is 2. The first kappa shape index (κ1) is 12.9.